The van der Waals surface area contributed by atoms with Gasteiger partial charge in [-0.1, -0.05) is 6.92 Å². The van der Waals surface area contributed by atoms with E-state index in [1.54, 1.807) is 13.8 Å². The first-order chi connectivity index (χ1) is 8.17. The Balaban J connectivity index is 2.59. The van der Waals surface area contributed by atoms with Gasteiger partial charge < -0.3 is 5.32 Å². The monoisotopic (exact) mass is 273 g/mol. The maximum Gasteiger partial charge on any atom is 0.153 e. The Morgan fingerprint density at radius 2 is 2.06 bits per heavy atom. The quantitative estimate of drug-likeness (QED) is 0.836. The van der Waals surface area contributed by atoms with E-state index < -0.39 is 14.6 Å². The van der Waals surface area contributed by atoms with Gasteiger partial charge in [0.15, 0.2) is 9.84 Å². The molecule has 0 fully saturated rings. The Labute approximate surface area is 109 Å². The molecule has 0 spiro atoms. The summed E-state index contributed by atoms with van der Waals surface area (Å²) in [6.45, 7) is 6.58. The largest absolute Gasteiger partial charge is 0.310 e. The zero-order chi connectivity index (χ0) is 14.0. The average molecular weight is 273 g/mol. The number of aromatic nitrogens is 2. The van der Waals surface area contributed by atoms with Gasteiger partial charge in [0, 0.05) is 26.4 Å². The minimum absolute atomic E-state index is 0.429. The van der Waals surface area contributed by atoms with Crippen LogP contribution in [0.2, 0.25) is 0 Å². The van der Waals surface area contributed by atoms with Crippen LogP contribution in [0.5, 0.6) is 0 Å². The summed E-state index contributed by atoms with van der Waals surface area (Å²) in [5.41, 5.74) is 2.12. The molecule has 1 aromatic heterocycles. The smallest absolute Gasteiger partial charge is 0.153 e. The van der Waals surface area contributed by atoms with Crippen molar-refractivity contribution in [2.45, 2.75) is 38.5 Å². The molecule has 0 saturated heterocycles. The van der Waals surface area contributed by atoms with E-state index in [0.717, 1.165) is 17.8 Å². The van der Waals surface area contributed by atoms with Gasteiger partial charge in [0.2, 0.25) is 0 Å². The lowest BCUT2D eigenvalue weighted by Crippen LogP contribution is -2.41. The van der Waals surface area contributed by atoms with Crippen LogP contribution in [0, 0.1) is 0 Å². The summed E-state index contributed by atoms with van der Waals surface area (Å²) in [5.74, 6) is 0. The van der Waals surface area contributed by atoms with Crippen LogP contribution in [0.15, 0.2) is 6.07 Å². The second-order valence-electron chi connectivity index (χ2n) is 5.24. The number of aryl methyl sites for hydroxylation is 2. The molecule has 5 nitrogen and oxygen atoms in total. The topological polar surface area (TPSA) is 64.0 Å². The maximum atomic E-state index is 11.6. The van der Waals surface area contributed by atoms with Crippen molar-refractivity contribution >= 4 is 9.84 Å². The van der Waals surface area contributed by atoms with E-state index in [1.807, 2.05) is 17.8 Å². The van der Waals surface area contributed by atoms with Crippen LogP contribution in [0.4, 0.5) is 0 Å². The molecule has 1 rings (SSSR count). The van der Waals surface area contributed by atoms with Crippen molar-refractivity contribution in [2.75, 3.05) is 12.8 Å². The minimum Gasteiger partial charge on any atom is -0.310 e. The number of hydrogen-bond donors (Lipinski definition) is 1. The van der Waals surface area contributed by atoms with Crippen molar-refractivity contribution < 1.29 is 8.42 Å². The summed E-state index contributed by atoms with van der Waals surface area (Å²) in [7, 11) is -1.15. The van der Waals surface area contributed by atoms with Crippen LogP contribution in [0.25, 0.3) is 0 Å². The molecular formula is C12H23N3O2S. The lowest BCUT2D eigenvalue weighted by Gasteiger charge is -2.22. The highest BCUT2D eigenvalue weighted by molar-refractivity contribution is 7.92. The minimum atomic E-state index is -3.05. The van der Waals surface area contributed by atoms with Crippen molar-refractivity contribution in [3.63, 3.8) is 0 Å². The van der Waals surface area contributed by atoms with Crippen LogP contribution in [0.1, 0.15) is 32.2 Å². The molecular weight excluding hydrogens is 250 g/mol. The molecule has 0 saturated carbocycles. The number of nitrogens with one attached hydrogen (secondary N) is 1. The van der Waals surface area contributed by atoms with Crippen molar-refractivity contribution in [1.82, 2.24) is 15.1 Å². The predicted molar refractivity (Wildman–Crippen MR) is 73.2 cm³/mol. The van der Waals surface area contributed by atoms with Gasteiger partial charge in [0.1, 0.15) is 0 Å². The first-order valence-corrected chi connectivity index (χ1v) is 7.98. The Kier molecular flexibility index (Phi) is 4.55. The Morgan fingerprint density at radius 3 is 2.50 bits per heavy atom. The summed E-state index contributed by atoms with van der Waals surface area (Å²) < 4.78 is 24.2. The molecule has 18 heavy (non-hydrogen) atoms. The van der Waals surface area contributed by atoms with Crippen molar-refractivity contribution in [3.05, 3.63) is 17.5 Å². The maximum absolute atomic E-state index is 11.6. The Morgan fingerprint density at radius 1 is 1.44 bits per heavy atom. The summed E-state index contributed by atoms with van der Waals surface area (Å²) >= 11 is 0. The highest BCUT2D eigenvalue weighted by Crippen LogP contribution is 2.13. The van der Waals surface area contributed by atoms with Crippen LogP contribution in [0.3, 0.4) is 0 Å². The van der Waals surface area contributed by atoms with E-state index in [1.165, 1.54) is 6.26 Å². The molecule has 0 atom stereocenters. The third kappa shape index (κ3) is 3.55. The summed E-state index contributed by atoms with van der Waals surface area (Å²) in [6.07, 6.45) is 2.18. The molecule has 0 bridgehead atoms. The molecule has 0 aromatic carbocycles. The lowest BCUT2D eigenvalue weighted by molar-refractivity contribution is 0.514. The van der Waals surface area contributed by atoms with Crippen LogP contribution >= 0.6 is 0 Å². The highest BCUT2D eigenvalue weighted by atomic mass is 32.2. The van der Waals surface area contributed by atoms with E-state index >= 15 is 0 Å². The predicted octanol–water partition coefficient (Wildman–Crippen LogP) is 0.895. The fraction of sp³-hybridized carbons (Fsp3) is 0.750. The standard InChI is InChI=1S/C12H23N3O2S/c1-6-10-7-11(15(4)14-10)8-13-9-12(2,3)18(5,16)17/h7,13H,6,8-9H2,1-5H3. The van der Waals surface area contributed by atoms with Gasteiger partial charge in [-0.15, -0.1) is 0 Å². The lowest BCUT2D eigenvalue weighted by atomic mass is 10.2. The Hall–Kier alpha value is -0.880. The van der Waals surface area contributed by atoms with E-state index in [2.05, 4.69) is 17.3 Å². The zero-order valence-electron chi connectivity index (χ0n) is 11.8. The second-order valence-corrected chi connectivity index (χ2v) is 7.89. The number of rotatable bonds is 6. The first-order valence-electron chi connectivity index (χ1n) is 6.09. The first kappa shape index (κ1) is 15.2. The van der Waals surface area contributed by atoms with Gasteiger partial charge in [0.05, 0.1) is 16.1 Å². The fourth-order valence-corrected chi connectivity index (χ4v) is 1.90. The van der Waals surface area contributed by atoms with Crippen molar-refractivity contribution in [1.29, 1.82) is 0 Å². The number of nitrogens with zero attached hydrogens (tertiary/aromatic N) is 2. The zero-order valence-corrected chi connectivity index (χ0v) is 12.6. The van der Waals surface area contributed by atoms with Crippen LogP contribution in [-0.2, 0) is 29.9 Å². The summed E-state index contributed by atoms with van der Waals surface area (Å²) in [4.78, 5) is 0. The van der Waals surface area contributed by atoms with Gasteiger partial charge in [-0.2, -0.15) is 5.10 Å². The molecule has 0 aliphatic rings. The van der Waals surface area contributed by atoms with Crippen LogP contribution < -0.4 is 5.32 Å². The van der Waals surface area contributed by atoms with Gasteiger partial charge in [0.25, 0.3) is 0 Å². The molecule has 1 aromatic rings. The molecule has 1 heterocycles. The van der Waals surface area contributed by atoms with E-state index in [4.69, 9.17) is 0 Å². The highest BCUT2D eigenvalue weighted by Gasteiger charge is 2.29. The molecule has 0 radical (unpaired) electrons. The van der Waals surface area contributed by atoms with Gasteiger partial charge in [-0.25, -0.2) is 8.42 Å². The third-order valence-electron chi connectivity index (χ3n) is 3.25. The fourth-order valence-electron chi connectivity index (χ4n) is 1.53. The van der Waals surface area contributed by atoms with Gasteiger partial charge in [-0.3, -0.25) is 4.68 Å². The van der Waals surface area contributed by atoms with Gasteiger partial charge in [-0.05, 0) is 26.3 Å². The molecule has 0 unspecified atom stereocenters. The second kappa shape index (κ2) is 5.40. The molecule has 0 aliphatic carbocycles. The van der Waals surface area contributed by atoms with E-state index in [0.29, 0.717) is 13.1 Å². The third-order valence-corrected chi connectivity index (χ3v) is 5.40. The van der Waals surface area contributed by atoms with Gasteiger partial charge >= 0.3 is 0 Å². The summed E-state index contributed by atoms with van der Waals surface area (Å²) in [5, 5.41) is 7.54. The molecule has 104 valence electrons. The molecule has 0 aliphatic heterocycles. The molecule has 6 heteroatoms. The summed E-state index contributed by atoms with van der Waals surface area (Å²) in [6, 6.07) is 2.04. The van der Waals surface area contributed by atoms with E-state index in [-0.39, 0.29) is 0 Å². The van der Waals surface area contributed by atoms with Crippen LogP contribution in [-0.4, -0.2) is 35.7 Å². The van der Waals surface area contributed by atoms with Crippen molar-refractivity contribution in [3.8, 4) is 0 Å². The normalized spacial score (nSPS) is 12.9. The number of hydrogen-bond acceptors (Lipinski definition) is 4. The average Bonchev–Trinajstić information content (AvgIpc) is 2.58. The molecule has 1 N–H and O–H groups in total. The number of sulfone groups is 1. The Bertz CT molecular complexity index is 503. The van der Waals surface area contributed by atoms with Crippen molar-refractivity contribution in [2.24, 2.45) is 7.05 Å². The van der Waals surface area contributed by atoms with E-state index in [9.17, 15) is 8.42 Å². The molecule has 0 amide bonds. The SMILES string of the molecule is CCc1cc(CNCC(C)(C)S(C)(=O)=O)n(C)n1.